The van der Waals surface area contributed by atoms with Gasteiger partial charge in [-0.15, -0.1) is 0 Å². The van der Waals surface area contributed by atoms with Crippen LogP contribution in [0.25, 0.3) is 10.9 Å². The van der Waals surface area contributed by atoms with Crippen molar-refractivity contribution in [1.29, 1.82) is 0 Å². The summed E-state index contributed by atoms with van der Waals surface area (Å²) in [5.41, 5.74) is 5.94. The SMILES string of the molecule is Cc1cccc(C(CC(=O)N2CCN(c3cccc(Cl)c3)CC2)c2cn(C)c3ccccc23)c1. The Kier molecular flexibility index (Phi) is 6.34. The molecule has 0 radical (unpaired) electrons. The maximum absolute atomic E-state index is 13.6. The summed E-state index contributed by atoms with van der Waals surface area (Å²) in [6, 6.07) is 25.0. The maximum Gasteiger partial charge on any atom is 0.223 e. The summed E-state index contributed by atoms with van der Waals surface area (Å²) in [6.45, 7) is 5.19. The van der Waals surface area contributed by atoms with Gasteiger partial charge in [0.2, 0.25) is 5.91 Å². The Morgan fingerprint density at radius 1 is 0.941 bits per heavy atom. The van der Waals surface area contributed by atoms with E-state index in [1.165, 1.54) is 27.6 Å². The summed E-state index contributed by atoms with van der Waals surface area (Å²) < 4.78 is 2.17. The van der Waals surface area contributed by atoms with Crippen LogP contribution in [-0.2, 0) is 11.8 Å². The fourth-order valence-electron chi connectivity index (χ4n) is 5.14. The lowest BCUT2D eigenvalue weighted by Crippen LogP contribution is -2.49. The van der Waals surface area contributed by atoms with Gasteiger partial charge in [-0.2, -0.15) is 0 Å². The molecule has 0 N–H and O–H groups in total. The molecule has 34 heavy (non-hydrogen) atoms. The van der Waals surface area contributed by atoms with Gasteiger partial charge < -0.3 is 14.4 Å². The van der Waals surface area contributed by atoms with E-state index in [2.05, 4.69) is 84.2 Å². The molecule has 1 fully saturated rings. The number of para-hydroxylation sites is 1. The Balaban J connectivity index is 1.38. The summed E-state index contributed by atoms with van der Waals surface area (Å²) in [4.78, 5) is 17.9. The van der Waals surface area contributed by atoms with E-state index in [-0.39, 0.29) is 11.8 Å². The van der Waals surface area contributed by atoms with Gasteiger partial charge in [0.1, 0.15) is 0 Å². The average molecular weight is 472 g/mol. The molecule has 0 saturated carbocycles. The van der Waals surface area contributed by atoms with E-state index in [4.69, 9.17) is 11.6 Å². The zero-order valence-electron chi connectivity index (χ0n) is 19.7. The van der Waals surface area contributed by atoms with Crippen LogP contribution in [0.2, 0.25) is 5.02 Å². The van der Waals surface area contributed by atoms with Crippen LogP contribution >= 0.6 is 11.6 Å². The van der Waals surface area contributed by atoms with Crippen molar-refractivity contribution in [1.82, 2.24) is 9.47 Å². The molecule has 4 nitrogen and oxygen atoms in total. The number of hydrogen-bond donors (Lipinski definition) is 0. The molecule has 5 rings (SSSR count). The molecule has 4 aromatic rings. The monoisotopic (exact) mass is 471 g/mol. The van der Waals surface area contributed by atoms with E-state index in [0.717, 1.165) is 36.9 Å². The molecule has 0 aliphatic carbocycles. The second kappa shape index (κ2) is 9.55. The summed E-state index contributed by atoms with van der Waals surface area (Å²) in [5.74, 6) is 0.231. The number of carbonyl (C=O) groups is 1. The molecule has 0 bridgehead atoms. The van der Waals surface area contributed by atoms with E-state index in [1.807, 2.05) is 23.1 Å². The number of amides is 1. The van der Waals surface area contributed by atoms with Gasteiger partial charge in [-0.25, -0.2) is 0 Å². The number of benzene rings is 3. The first kappa shape index (κ1) is 22.5. The van der Waals surface area contributed by atoms with Crippen molar-refractivity contribution >= 4 is 34.1 Å². The number of anilines is 1. The van der Waals surface area contributed by atoms with Gasteiger partial charge in [0.25, 0.3) is 0 Å². The predicted molar refractivity (Wildman–Crippen MR) is 141 cm³/mol. The third-order valence-electron chi connectivity index (χ3n) is 6.93. The number of piperazine rings is 1. The van der Waals surface area contributed by atoms with Crippen molar-refractivity contribution in [2.24, 2.45) is 7.05 Å². The average Bonchev–Trinajstić information content (AvgIpc) is 3.19. The van der Waals surface area contributed by atoms with Crippen LogP contribution in [-0.4, -0.2) is 41.6 Å². The number of halogens is 1. The summed E-state index contributed by atoms with van der Waals surface area (Å²) in [6.07, 6.45) is 2.66. The fourth-order valence-corrected chi connectivity index (χ4v) is 5.32. The highest BCUT2D eigenvalue weighted by Crippen LogP contribution is 2.35. The first-order valence-corrected chi connectivity index (χ1v) is 12.3. The van der Waals surface area contributed by atoms with Crippen molar-refractivity contribution in [2.75, 3.05) is 31.1 Å². The molecular weight excluding hydrogens is 442 g/mol. The van der Waals surface area contributed by atoms with Crippen LogP contribution in [0, 0.1) is 6.92 Å². The van der Waals surface area contributed by atoms with E-state index >= 15 is 0 Å². The number of aryl methyl sites for hydroxylation is 2. The molecule has 5 heteroatoms. The molecule has 174 valence electrons. The van der Waals surface area contributed by atoms with E-state index < -0.39 is 0 Å². The zero-order chi connectivity index (χ0) is 23.7. The number of fused-ring (bicyclic) bond motifs is 1. The van der Waals surface area contributed by atoms with Crippen molar-refractivity contribution in [2.45, 2.75) is 19.3 Å². The molecule has 1 aromatic heterocycles. The smallest absolute Gasteiger partial charge is 0.223 e. The number of nitrogens with zero attached hydrogens (tertiary/aromatic N) is 3. The third-order valence-corrected chi connectivity index (χ3v) is 7.17. The van der Waals surface area contributed by atoms with Crippen LogP contribution in [0.15, 0.2) is 79.0 Å². The fraction of sp³-hybridized carbons (Fsp3) is 0.276. The van der Waals surface area contributed by atoms with Crippen molar-refractivity contribution in [3.63, 3.8) is 0 Å². The Morgan fingerprint density at radius 3 is 2.47 bits per heavy atom. The second-order valence-corrected chi connectivity index (χ2v) is 9.67. The minimum absolute atomic E-state index is 0.0180. The van der Waals surface area contributed by atoms with Gasteiger partial charge in [-0.1, -0.05) is 65.7 Å². The van der Waals surface area contributed by atoms with Crippen LogP contribution < -0.4 is 4.90 Å². The summed E-state index contributed by atoms with van der Waals surface area (Å²) in [7, 11) is 2.08. The quantitative estimate of drug-likeness (QED) is 0.356. The van der Waals surface area contributed by atoms with Crippen LogP contribution in [0.5, 0.6) is 0 Å². The number of hydrogen-bond acceptors (Lipinski definition) is 2. The highest BCUT2D eigenvalue weighted by molar-refractivity contribution is 6.30. The topological polar surface area (TPSA) is 28.5 Å². The largest absolute Gasteiger partial charge is 0.368 e. The van der Waals surface area contributed by atoms with Crippen LogP contribution in [0.4, 0.5) is 5.69 Å². The van der Waals surface area contributed by atoms with E-state index in [1.54, 1.807) is 0 Å². The Hall–Kier alpha value is -3.24. The number of aromatic nitrogens is 1. The lowest BCUT2D eigenvalue weighted by Gasteiger charge is -2.36. The van der Waals surface area contributed by atoms with Gasteiger partial charge >= 0.3 is 0 Å². The van der Waals surface area contributed by atoms with Crippen LogP contribution in [0.3, 0.4) is 0 Å². The highest BCUT2D eigenvalue weighted by atomic mass is 35.5. The van der Waals surface area contributed by atoms with E-state index in [0.29, 0.717) is 6.42 Å². The third kappa shape index (κ3) is 4.55. The molecule has 0 spiro atoms. The van der Waals surface area contributed by atoms with Gasteiger partial charge in [0, 0.05) is 73.4 Å². The summed E-state index contributed by atoms with van der Waals surface area (Å²) in [5, 5.41) is 1.96. The molecule has 1 saturated heterocycles. The van der Waals surface area contributed by atoms with Crippen molar-refractivity contribution < 1.29 is 4.79 Å². The highest BCUT2D eigenvalue weighted by Gasteiger charge is 2.27. The van der Waals surface area contributed by atoms with Crippen molar-refractivity contribution in [3.05, 3.63) is 101 Å². The first-order valence-electron chi connectivity index (χ1n) is 11.9. The first-order chi connectivity index (χ1) is 16.5. The molecule has 2 heterocycles. The zero-order valence-corrected chi connectivity index (χ0v) is 20.5. The molecule has 3 aromatic carbocycles. The lowest BCUT2D eigenvalue weighted by atomic mass is 9.87. The maximum atomic E-state index is 13.6. The molecular formula is C29H30ClN3O. The van der Waals surface area contributed by atoms with Crippen LogP contribution in [0.1, 0.15) is 29.0 Å². The number of rotatable bonds is 5. The second-order valence-electron chi connectivity index (χ2n) is 9.23. The standard InChI is InChI=1S/C29H30ClN3O/c1-21-7-5-8-22(17-21)26(27-20-31(2)28-12-4-3-11-25(27)28)19-29(34)33-15-13-32(14-16-33)24-10-6-9-23(30)18-24/h3-12,17-18,20,26H,13-16,19H2,1-2H3. The van der Waals surface area contributed by atoms with Gasteiger partial charge in [0.15, 0.2) is 0 Å². The molecule has 1 amide bonds. The van der Waals surface area contributed by atoms with Crippen molar-refractivity contribution in [3.8, 4) is 0 Å². The summed E-state index contributed by atoms with van der Waals surface area (Å²) >= 11 is 6.18. The Morgan fingerprint density at radius 2 is 1.71 bits per heavy atom. The molecule has 1 unspecified atom stereocenters. The van der Waals surface area contributed by atoms with Gasteiger partial charge in [-0.3, -0.25) is 4.79 Å². The lowest BCUT2D eigenvalue weighted by molar-refractivity contribution is -0.131. The minimum Gasteiger partial charge on any atom is -0.368 e. The predicted octanol–water partition coefficient (Wildman–Crippen LogP) is 6.01. The Bertz CT molecular complexity index is 1320. The molecule has 1 atom stereocenters. The molecule has 1 aliphatic heterocycles. The minimum atomic E-state index is 0.0180. The Labute approximate surface area is 206 Å². The molecule has 1 aliphatic rings. The number of carbonyl (C=O) groups excluding carboxylic acids is 1. The van der Waals surface area contributed by atoms with Gasteiger partial charge in [-0.05, 0) is 42.3 Å². The van der Waals surface area contributed by atoms with Gasteiger partial charge in [0.05, 0.1) is 0 Å². The normalized spacial score (nSPS) is 15.0. The van der Waals surface area contributed by atoms with E-state index in [9.17, 15) is 4.79 Å².